The van der Waals surface area contributed by atoms with Gasteiger partial charge in [-0.25, -0.2) is 5.43 Å². The second-order valence-corrected chi connectivity index (χ2v) is 7.45. The minimum absolute atomic E-state index is 0.0377. The molecule has 0 aliphatic carbocycles. The number of phenolic OH excluding ortho intramolecular Hbond substituents is 1. The average molecular weight is 470 g/mol. The molecule has 0 unspecified atom stereocenters. The normalized spacial score (nSPS) is 10.7. The number of nitrogens with zero attached hydrogens (tertiary/aromatic N) is 4. The first-order valence-electron chi connectivity index (χ1n) is 9.51. The third kappa shape index (κ3) is 6.54. The molecule has 0 bridgehead atoms. The Bertz CT molecular complexity index is 1190. The van der Waals surface area contributed by atoms with Crippen LogP contribution in [-0.2, 0) is 11.2 Å². The molecule has 13 heteroatoms. The topological polar surface area (TPSA) is 169 Å². The molecule has 0 aliphatic rings. The summed E-state index contributed by atoms with van der Waals surface area (Å²) in [6.45, 7) is 2.23. The largest absolute Gasteiger partial charge is 0.504 e. The molecular formula is C20H18N6O6S. The zero-order valence-corrected chi connectivity index (χ0v) is 18.0. The first-order valence-corrected chi connectivity index (χ1v) is 10.3. The molecule has 170 valence electrons. The standard InChI is InChI=1S/C20H18N6O6S/c1-2-32-16-8-3-12(9-15(16)27)11-21-23-17(28)10-18-24-25-20(33-18)22-19(29)13-4-6-14(7-5-13)26(30)31/h3-9,11,27H,2,10H2,1H3,(H,23,28)(H,22,25,29)/b21-11-. The number of anilines is 1. The summed E-state index contributed by atoms with van der Waals surface area (Å²) < 4.78 is 5.24. The van der Waals surface area contributed by atoms with Crippen molar-refractivity contribution in [1.29, 1.82) is 0 Å². The molecule has 0 saturated heterocycles. The Hall–Kier alpha value is -4.39. The van der Waals surface area contributed by atoms with Gasteiger partial charge in [0.15, 0.2) is 11.5 Å². The van der Waals surface area contributed by atoms with Gasteiger partial charge in [-0.1, -0.05) is 11.3 Å². The van der Waals surface area contributed by atoms with E-state index in [1.807, 2.05) is 0 Å². The lowest BCUT2D eigenvalue weighted by atomic mass is 10.2. The molecule has 0 aliphatic heterocycles. The summed E-state index contributed by atoms with van der Waals surface area (Å²) in [6.07, 6.45) is 1.25. The van der Waals surface area contributed by atoms with E-state index in [2.05, 4.69) is 26.0 Å². The summed E-state index contributed by atoms with van der Waals surface area (Å²) in [4.78, 5) is 34.4. The molecule has 2 aromatic carbocycles. The molecule has 0 spiro atoms. The summed E-state index contributed by atoms with van der Waals surface area (Å²) >= 11 is 1.01. The van der Waals surface area contributed by atoms with Gasteiger partial charge in [0.1, 0.15) is 5.01 Å². The molecule has 0 atom stereocenters. The van der Waals surface area contributed by atoms with E-state index < -0.39 is 16.7 Å². The van der Waals surface area contributed by atoms with Gasteiger partial charge in [-0.05, 0) is 42.8 Å². The molecule has 1 heterocycles. The zero-order valence-electron chi connectivity index (χ0n) is 17.2. The predicted octanol–water partition coefficient (Wildman–Crippen LogP) is 2.50. The molecule has 3 N–H and O–H groups in total. The van der Waals surface area contributed by atoms with Gasteiger partial charge in [-0.3, -0.25) is 25.0 Å². The third-order valence-electron chi connectivity index (χ3n) is 4.03. The fraction of sp³-hybridized carbons (Fsp3) is 0.150. The summed E-state index contributed by atoms with van der Waals surface area (Å²) in [5.74, 6) is -0.651. The minimum atomic E-state index is -0.560. The number of nitro benzene ring substituents is 1. The number of ether oxygens (including phenoxy) is 1. The van der Waals surface area contributed by atoms with Gasteiger partial charge in [0.2, 0.25) is 11.0 Å². The van der Waals surface area contributed by atoms with Crippen LogP contribution in [0.5, 0.6) is 11.5 Å². The number of rotatable bonds is 9. The van der Waals surface area contributed by atoms with E-state index in [4.69, 9.17) is 4.74 Å². The van der Waals surface area contributed by atoms with Crippen LogP contribution in [-0.4, -0.2) is 44.9 Å². The van der Waals surface area contributed by atoms with Crippen LogP contribution in [0, 0.1) is 10.1 Å². The highest BCUT2D eigenvalue weighted by molar-refractivity contribution is 7.15. The maximum atomic E-state index is 12.2. The molecule has 0 fully saturated rings. The summed E-state index contributed by atoms with van der Waals surface area (Å²) in [5, 5.41) is 35.1. The van der Waals surface area contributed by atoms with Crippen LogP contribution in [0.1, 0.15) is 27.9 Å². The Labute approximate surface area is 191 Å². The lowest BCUT2D eigenvalue weighted by Crippen LogP contribution is -2.19. The van der Waals surface area contributed by atoms with Crippen LogP contribution >= 0.6 is 11.3 Å². The van der Waals surface area contributed by atoms with Crippen molar-refractivity contribution in [2.24, 2.45) is 5.10 Å². The van der Waals surface area contributed by atoms with E-state index in [1.54, 1.807) is 19.1 Å². The van der Waals surface area contributed by atoms with Gasteiger partial charge in [0, 0.05) is 17.7 Å². The Kier molecular flexibility index (Phi) is 7.60. The minimum Gasteiger partial charge on any atom is -0.504 e. The maximum absolute atomic E-state index is 12.2. The first-order chi connectivity index (χ1) is 15.9. The van der Waals surface area contributed by atoms with Gasteiger partial charge in [0.25, 0.3) is 11.6 Å². The SMILES string of the molecule is CCOc1ccc(/C=N\NC(=O)Cc2nnc(NC(=O)c3ccc([N+](=O)[O-])cc3)s2)cc1O. The summed E-state index contributed by atoms with van der Waals surface area (Å²) in [5.41, 5.74) is 2.99. The Morgan fingerprint density at radius 1 is 1.24 bits per heavy atom. The lowest BCUT2D eigenvalue weighted by molar-refractivity contribution is -0.384. The monoisotopic (exact) mass is 470 g/mol. The Balaban J connectivity index is 1.51. The van der Waals surface area contributed by atoms with Gasteiger partial charge in [0.05, 0.1) is 24.2 Å². The highest BCUT2D eigenvalue weighted by atomic mass is 32.1. The van der Waals surface area contributed by atoms with Crippen molar-refractivity contribution >= 4 is 40.2 Å². The number of phenols is 1. The molecule has 12 nitrogen and oxygen atoms in total. The lowest BCUT2D eigenvalue weighted by Gasteiger charge is -2.05. The van der Waals surface area contributed by atoms with Crippen molar-refractivity contribution in [1.82, 2.24) is 15.6 Å². The molecule has 1 aromatic heterocycles. The number of aromatic nitrogens is 2. The number of hydrazone groups is 1. The fourth-order valence-electron chi connectivity index (χ4n) is 2.53. The van der Waals surface area contributed by atoms with Crippen LogP contribution in [0.15, 0.2) is 47.6 Å². The van der Waals surface area contributed by atoms with Gasteiger partial charge >= 0.3 is 0 Å². The highest BCUT2D eigenvalue weighted by Gasteiger charge is 2.14. The molecule has 33 heavy (non-hydrogen) atoms. The van der Waals surface area contributed by atoms with E-state index >= 15 is 0 Å². The second-order valence-electron chi connectivity index (χ2n) is 6.39. The van der Waals surface area contributed by atoms with Crippen molar-refractivity contribution in [2.75, 3.05) is 11.9 Å². The number of aromatic hydroxyl groups is 1. The summed E-state index contributed by atoms with van der Waals surface area (Å²) in [7, 11) is 0. The number of carbonyl (C=O) groups is 2. The maximum Gasteiger partial charge on any atom is 0.269 e. The predicted molar refractivity (Wildman–Crippen MR) is 120 cm³/mol. The number of amides is 2. The van der Waals surface area contributed by atoms with E-state index in [0.717, 1.165) is 11.3 Å². The summed E-state index contributed by atoms with van der Waals surface area (Å²) in [6, 6.07) is 9.81. The van der Waals surface area contributed by atoms with Crippen LogP contribution in [0.4, 0.5) is 10.8 Å². The zero-order chi connectivity index (χ0) is 23.8. The molecule has 3 aromatic rings. The number of hydrogen-bond donors (Lipinski definition) is 3. The Morgan fingerprint density at radius 2 is 2.00 bits per heavy atom. The van der Waals surface area contributed by atoms with Crippen molar-refractivity contribution in [3.8, 4) is 11.5 Å². The van der Waals surface area contributed by atoms with E-state index in [1.165, 1.54) is 36.5 Å². The molecule has 2 amide bonds. The molecule has 0 radical (unpaired) electrons. The number of hydrogen-bond acceptors (Lipinski definition) is 10. The smallest absolute Gasteiger partial charge is 0.269 e. The molecule has 0 saturated carbocycles. The Morgan fingerprint density at radius 3 is 2.67 bits per heavy atom. The quantitative estimate of drug-likeness (QED) is 0.243. The van der Waals surface area contributed by atoms with Gasteiger partial charge < -0.3 is 9.84 Å². The highest BCUT2D eigenvalue weighted by Crippen LogP contribution is 2.26. The van der Waals surface area contributed by atoms with E-state index in [-0.39, 0.29) is 28.6 Å². The van der Waals surface area contributed by atoms with Crippen molar-refractivity contribution in [2.45, 2.75) is 13.3 Å². The number of nitrogens with one attached hydrogen (secondary N) is 2. The van der Waals surface area contributed by atoms with Crippen LogP contribution in [0.3, 0.4) is 0 Å². The van der Waals surface area contributed by atoms with Crippen molar-refractivity contribution in [3.05, 3.63) is 68.7 Å². The van der Waals surface area contributed by atoms with Gasteiger partial charge in [-0.15, -0.1) is 10.2 Å². The number of carbonyl (C=O) groups excluding carboxylic acids is 2. The fourth-order valence-corrected chi connectivity index (χ4v) is 3.26. The number of nitro groups is 1. The second kappa shape index (κ2) is 10.8. The van der Waals surface area contributed by atoms with Gasteiger partial charge in [-0.2, -0.15) is 5.10 Å². The van der Waals surface area contributed by atoms with E-state index in [9.17, 15) is 24.8 Å². The third-order valence-corrected chi connectivity index (χ3v) is 4.86. The van der Waals surface area contributed by atoms with Crippen LogP contribution in [0.2, 0.25) is 0 Å². The molecular weight excluding hydrogens is 452 g/mol. The number of non-ortho nitro benzene ring substituents is 1. The van der Waals surface area contributed by atoms with Crippen LogP contribution < -0.4 is 15.5 Å². The van der Waals surface area contributed by atoms with E-state index in [0.29, 0.717) is 22.9 Å². The van der Waals surface area contributed by atoms with Crippen molar-refractivity contribution < 1.29 is 24.4 Å². The molecule has 3 rings (SSSR count). The van der Waals surface area contributed by atoms with Crippen LogP contribution in [0.25, 0.3) is 0 Å². The average Bonchev–Trinajstić information content (AvgIpc) is 3.22. The van der Waals surface area contributed by atoms with Crippen molar-refractivity contribution in [3.63, 3.8) is 0 Å². The first kappa shape index (κ1) is 23.3. The number of benzene rings is 2.